The number of hydrogen-bond acceptors (Lipinski definition) is 5. The van der Waals surface area contributed by atoms with Crippen LogP contribution in [-0.2, 0) is 4.79 Å². The van der Waals surface area contributed by atoms with Gasteiger partial charge in [-0.1, -0.05) is 55.5 Å². The number of amidine groups is 1. The molecule has 1 saturated heterocycles. The summed E-state index contributed by atoms with van der Waals surface area (Å²) in [5, 5.41) is 2.85. The lowest BCUT2D eigenvalue weighted by Gasteiger charge is -2.30. The number of rotatable bonds is 6. The molecule has 3 amide bonds. The van der Waals surface area contributed by atoms with Crippen molar-refractivity contribution < 1.29 is 14.3 Å². The number of halogens is 1. The molecule has 2 aromatic carbocycles. The molecule has 1 unspecified atom stereocenters. The quantitative estimate of drug-likeness (QED) is 0.398. The highest BCUT2D eigenvalue weighted by Crippen LogP contribution is 2.34. The van der Waals surface area contributed by atoms with Crippen LogP contribution in [-0.4, -0.2) is 41.5 Å². The number of urea groups is 1. The number of allylic oxidation sites excluding steroid dienone is 4. The molecule has 5 rings (SSSR count). The van der Waals surface area contributed by atoms with E-state index in [4.69, 9.17) is 14.7 Å². The summed E-state index contributed by atoms with van der Waals surface area (Å²) in [6.07, 6.45) is 4.65. The van der Waals surface area contributed by atoms with E-state index in [-0.39, 0.29) is 11.8 Å². The molecule has 3 aliphatic rings. The second kappa shape index (κ2) is 9.17. The second-order valence-electron chi connectivity index (χ2n) is 8.38. The van der Waals surface area contributed by atoms with Gasteiger partial charge in [-0.2, -0.15) is 0 Å². The average molecular weight is 566 g/mol. The minimum Gasteiger partial charge on any atom is -0.497 e. The van der Waals surface area contributed by atoms with Crippen LogP contribution in [0.4, 0.5) is 4.79 Å². The van der Waals surface area contributed by atoms with Crippen LogP contribution in [0.2, 0.25) is 0 Å². The first-order chi connectivity index (χ1) is 16.5. The van der Waals surface area contributed by atoms with Crippen LogP contribution in [0.3, 0.4) is 0 Å². The summed E-state index contributed by atoms with van der Waals surface area (Å²) < 4.78 is 6.38. The Kier molecular flexibility index (Phi) is 6.07. The van der Waals surface area contributed by atoms with Crippen LogP contribution < -0.4 is 10.1 Å². The summed E-state index contributed by atoms with van der Waals surface area (Å²) in [4.78, 5) is 37.7. The first-order valence-electron chi connectivity index (χ1n) is 11.0. The molecule has 1 fully saturated rings. The molecule has 8 heteroatoms. The molecule has 172 valence electrons. The molecule has 3 atom stereocenters. The molecule has 7 nitrogen and oxygen atoms in total. The van der Waals surface area contributed by atoms with E-state index < -0.39 is 18.1 Å². The molecule has 2 aromatic rings. The molecule has 0 radical (unpaired) electrons. The van der Waals surface area contributed by atoms with Gasteiger partial charge in [0, 0.05) is 12.3 Å². The number of aliphatic imine (C=N–C) groups is 2. The Morgan fingerprint density at radius 3 is 2.50 bits per heavy atom. The maximum Gasteiger partial charge on any atom is 0.325 e. The van der Waals surface area contributed by atoms with Crippen LogP contribution in [0, 0.1) is 0 Å². The van der Waals surface area contributed by atoms with E-state index in [0.29, 0.717) is 23.6 Å². The number of carbonyl (C=O) groups is 2. The SMILES string of the molecule is COc1ccc(C2NC(=O)N([C@H](C3=NC4=CC=C(I)CC4=N3)[C@@H](C)c3ccccc3)C2=O)cc1. The third-order valence-electron chi connectivity index (χ3n) is 6.30. The number of amides is 3. The zero-order chi connectivity index (χ0) is 23.8. The van der Waals surface area contributed by atoms with Crippen molar-refractivity contribution in [1.29, 1.82) is 0 Å². The molecule has 2 heterocycles. The van der Waals surface area contributed by atoms with Crippen LogP contribution in [0.1, 0.15) is 36.4 Å². The van der Waals surface area contributed by atoms with Gasteiger partial charge in [0.15, 0.2) is 5.84 Å². The van der Waals surface area contributed by atoms with E-state index in [9.17, 15) is 9.59 Å². The van der Waals surface area contributed by atoms with E-state index >= 15 is 0 Å². The van der Waals surface area contributed by atoms with E-state index in [1.54, 1.807) is 31.4 Å². The summed E-state index contributed by atoms with van der Waals surface area (Å²) in [5.74, 6) is 0.642. The maximum atomic E-state index is 13.7. The minimum absolute atomic E-state index is 0.207. The number of benzene rings is 2. The first-order valence-corrected chi connectivity index (χ1v) is 12.1. The molecule has 1 aliphatic carbocycles. The van der Waals surface area contributed by atoms with Crippen LogP contribution in [0.25, 0.3) is 0 Å². The molecule has 0 bridgehead atoms. The number of imide groups is 1. The lowest BCUT2D eigenvalue weighted by molar-refractivity contribution is -0.128. The number of methoxy groups -OCH3 is 1. The van der Waals surface area contributed by atoms with Crippen molar-refractivity contribution in [1.82, 2.24) is 10.2 Å². The molecular formula is C26H23IN4O3. The number of ether oxygens (including phenoxy) is 1. The largest absolute Gasteiger partial charge is 0.497 e. The fourth-order valence-electron chi connectivity index (χ4n) is 4.47. The standard InChI is InChI=1S/C26H23IN4O3/c1-15(16-6-4-3-5-7-16)23(24-28-20-13-10-18(27)14-21(20)29-24)31-25(32)22(30-26(31)33)17-8-11-19(34-2)12-9-17/h3-13,15,22-23H,14H2,1-2H3,(H,30,33)/t15-,22?,23-/m0/s1. The van der Waals surface area contributed by atoms with Gasteiger partial charge in [-0.25, -0.2) is 14.8 Å². The van der Waals surface area contributed by atoms with Gasteiger partial charge in [-0.15, -0.1) is 0 Å². The van der Waals surface area contributed by atoms with Crippen LogP contribution in [0.15, 0.2) is 86.0 Å². The Morgan fingerprint density at radius 1 is 1.06 bits per heavy atom. The Morgan fingerprint density at radius 2 is 1.79 bits per heavy atom. The molecule has 1 N–H and O–H groups in total. The van der Waals surface area contributed by atoms with Crippen molar-refractivity contribution in [2.75, 3.05) is 7.11 Å². The molecule has 0 spiro atoms. The Labute approximate surface area is 211 Å². The summed E-state index contributed by atoms with van der Waals surface area (Å²) in [5.41, 5.74) is 3.35. The second-order valence-corrected chi connectivity index (χ2v) is 9.76. The van der Waals surface area contributed by atoms with Crippen molar-refractivity contribution in [3.8, 4) is 5.75 Å². The van der Waals surface area contributed by atoms with Crippen molar-refractivity contribution in [2.24, 2.45) is 9.98 Å². The number of carbonyl (C=O) groups excluding carboxylic acids is 2. The average Bonchev–Trinajstić information content (AvgIpc) is 3.40. The van der Waals surface area contributed by atoms with Gasteiger partial charge in [0.1, 0.15) is 17.8 Å². The zero-order valence-electron chi connectivity index (χ0n) is 18.7. The fraction of sp³-hybridized carbons (Fsp3) is 0.231. The van der Waals surface area contributed by atoms with Gasteiger partial charge in [0.05, 0.1) is 18.5 Å². The molecule has 0 saturated carbocycles. The van der Waals surface area contributed by atoms with E-state index in [1.807, 2.05) is 49.4 Å². The highest BCUT2D eigenvalue weighted by Gasteiger charge is 2.47. The zero-order valence-corrected chi connectivity index (χ0v) is 20.9. The van der Waals surface area contributed by atoms with Crippen LogP contribution >= 0.6 is 22.6 Å². The first kappa shape index (κ1) is 22.5. The molecule has 34 heavy (non-hydrogen) atoms. The minimum atomic E-state index is -0.775. The lowest BCUT2D eigenvalue weighted by atomic mass is 9.91. The molecular weight excluding hydrogens is 543 g/mol. The number of fused-ring (bicyclic) bond motifs is 1. The fourth-order valence-corrected chi connectivity index (χ4v) is 5.01. The van der Waals surface area contributed by atoms with Gasteiger partial charge >= 0.3 is 6.03 Å². The van der Waals surface area contributed by atoms with Gasteiger partial charge in [-0.3, -0.25) is 9.69 Å². The highest BCUT2D eigenvalue weighted by molar-refractivity contribution is 14.1. The Balaban J connectivity index is 1.53. The highest BCUT2D eigenvalue weighted by atomic mass is 127. The van der Waals surface area contributed by atoms with Crippen LogP contribution in [0.5, 0.6) is 5.75 Å². The predicted molar refractivity (Wildman–Crippen MR) is 139 cm³/mol. The van der Waals surface area contributed by atoms with Gasteiger partial charge in [0.2, 0.25) is 0 Å². The summed E-state index contributed by atoms with van der Waals surface area (Å²) >= 11 is 2.29. The number of nitrogens with one attached hydrogen (secondary N) is 1. The van der Waals surface area contributed by atoms with E-state index in [1.165, 1.54) is 8.48 Å². The Hall–Kier alpha value is -3.27. The summed E-state index contributed by atoms with van der Waals surface area (Å²) in [6, 6.07) is 15.1. The van der Waals surface area contributed by atoms with Crippen molar-refractivity contribution in [3.63, 3.8) is 0 Å². The molecule has 2 aliphatic heterocycles. The Bertz CT molecular complexity index is 1260. The normalized spacial score (nSPS) is 21.1. The van der Waals surface area contributed by atoms with E-state index in [0.717, 1.165) is 17.0 Å². The van der Waals surface area contributed by atoms with Gasteiger partial charge in [0.25, 0.3) is 5.91 Å². The third-order valence-corrected chi connectivity index (χ3v) is 7.04. The van der Waals surface area contributed by atoms with E-state index in [2.05, 4.69) is 27.9 Å². The monoisotopic (exact) mass is 566 g/mol. The topological polar surface area (TPSA) is 83.4 Å². The maximum absolute atomic E-state index is 13.7. The molecule has 0 aromatic heterocycles. The number of hydrogen-bond donors (Lipinski definition) is 1. The van der Waals surface area contributed by atoms with Gasteiger partial charge in [-0.05, 0) is 55.5 Å². The number of nitrogens with zero attached hydrogens (tertiary/aromatic N) is 3. The van der Waals surface area contributed by atoms with Crippen molar-refractivity contribution >= 4 is 46.1 Å². The smallest absolute Gasteiger partial charge is 0.325 e. The van der Waals surface area contributed by atoms with Gasteiger partial charge < -0.3 is 10.1 Å². The predicted octanol–water partition coefficient (Wildman–Crippen LogP) is 4.92. The lowest BCUT2D eigenvalue weighted by Crippen LogP contribution is -2.47. The summed E-state index contributed by atoms with van der Waals surface area (Å²) in [7, 11) is 1.59. The third kappa shape index (κ3) is 4.06. The van der Waals surface area contributed by atoms with Crippen molar-refractivity contribution in [3.05, 3.63) is 87.2 Å². The van der Waals surface area contributed by atoms with Crippen molar-refractivity contribution in [2.45, 2.75) is 31.3 Å². The summed E-state index contributed by atoms with van der Waals surface area (Å²) in [6.45, 7) is 2.00.